The lowest BCUT2D eigenvalue weighted by molar-refractivity contribution is -0.119. The zero-order valence-electron chi connectivity index (χ0n) is 15.6. The Morgan fingerprint density at radius 1 is 1.00 bits per heavy atom. The fourth-order valence-electron chi connectivity index (χ4n) is 3.03. The molecule has 138 valence electrons. The third-order valence-corrected chi connectivity index (χ3v) is 4.43. The number of rotatable bonds is 6. The van der Waals surface area contributed by atoms with Crippen molar-refractivity contribution in [2.24, 2.45) is 0 Å². The predicted octanol–water partition coefficient (Wildman–Crippen LogP) is 3.53. The van der Waals surface area contributed by atoms with Crippen molar-refractivity contribution in [3.05, 3.63) is 82.8 Å². The van der Waals surface area contributed by atoms with E-state index < -0.39 is 0 Å². The molecule has 0 aliphatic heterocycles. The van der Waals surface area contributed by atoms with Gasteiger partial charge < -0.3 is 4.90 Å². The summed E-state index contributed by atoms with van der Waals surface area (Å²) in [7, 11) is 0. The molecular formula is C22H23N3O2. The van der Waals surface area contributed by atoms with E-state index in [2.05, 4.69) is 4.98 Å². The normalized spacial score (nSPS) is 10.6. The summed E-state index contributed by atoms with van der Waals surface area (Å²) in [6, 6.07) is 20.5. The molecule has 0 aliphatic carbocycles. The maximum Gasteiger partial charge on any atom is 0.254 e. The highest BCUT2D eigenvalue weighted by molar-refractivity contribution is 5.93. The van der Waals surface area contributed by atoms with Crippen LogP contribution in [0.25, 0.3) is 11.4 Å². The van der Waals surface area contributed by atoms with Gasteiger partial charge in [-0.1, -0.05) is 55.5 Å². The topological polar surface area (TPSA) is 55.2 Å². The molecule has 27 heavy (non-hydrogen) atoms. The molecule has 3 rings (SSSR count). The molecule has 1 aromatic heterocycles. The molecule has 0 fully saturated rings. The van der Waals surface area contributed by atoms with Crippen LogP contribution in [-0.4, -0.2) is 22.0 Å². The minimum absolute atomic E-state index is 0.0528. The van der Waals surface area contributed by atoms with Gasteiger partial charge in [-0.15, -0.1) is 0 Å². The van der Waals surface area contributed by atoms with Gasteiger partial charge in [0, 0.05) is 29.6 Å². The van der Waals surface area contributed by atoms with E-state index in [0.29, 0.717) is 18.8 Å². The predicted molar refractivity (Wildman–Crippen MR) is 108 cm³/mol. The van der Waals surface area contributed by atoms with Crippen LogP contribution in [0.3, 0.4) is 0 Å². The van der Waals surface area contributed by atoms with Crippen molar-refractivity contribution >= 4 is 11.6 Å². The molecule has 0 atom stereocenters. The summed E-state index contributed by atoms with van der Waals surface area (Å²) in [5, 5.41) is 0. The molecule has 1 heterocycles. The third-order valence-electron chi connectivity index (χ3n) is 4.43. The van der Waals surface area contributed by atoms with Gasteiger partial charge in [0.1, 0.15) is 12.4 Å². The van der Waals surface area contributed by atoms with Crippen LogP contribution in [0.2, 0.25) is 0 Å². The Hall–Kier alpha value is -3.21. The van der Waals surface area contributed by atoms with Crippen LogP contribution in [0.5, 0.6) is 0 Å². The van der Waals surface area contributed by atoms with E-state index in [9.17, 15) is 9.59 Å². The van der Waals surface area contributed by atoms with E-state index in [1.54, 1.807) is 4.90 Å². The highest BCUT2D eigenvalue weighted by Crippen LogP contribution is 2.18. The van der Waals surface area contributed by atoms with Crippen molar-refractivity contribution in [1.29, 1.82) is 0 Å². The van der Waals surface area contributed by atoms with E-state index in [-0.39, 0.29) is 18.0 Å². The van der Waals surface area contributed by atoms with Crippen molar-refractivity contribution in [3.8, 4) is 11.4 Å². The third kappa shape index (κ3) is 4.14. The van der Waals surface area contributed by atoms with E-state index in [1.807, 2.05) is 74.5 Å². The SMILES string of the molecule is CCc1cc(=O)n(CC(=O)N(CC)c2ccccc2)c(-c2ccccc2)n1. The molecule has 2 aromatic carbocycles. The van der Waals surface area contributed by atoms with Crippen LogP contribution in [0.15, 0.2) is 71.5 Å². The minimum Gasteiger partial charge on any atom is -0.311 e. The summed E-state index contributed by atoms with van der Waals surface area (Å²) in [4.78, 5) is 32.0. The number of aryl methyl sites for hydroxylation is 1. The van der Waals surface area contributed by atoms with Crippen LogP contribution in [0, 0.1) is 0 Å². The Balaban J connectivity index is 2.01. The Morgan fingerprint density at radius 2 is 1.63 bits per heavy atom. The maximum absolute atomic E-state index is 13.0. The quantitative estimate of drug-likeness (QED) is 0.675. The maximum atomic E-state index is 13.0. The summed E-state index contributed by atoms with van der Waals surface area (Å²) in [6.45, 7) is 4.35. The largest absolute Gasteiger partial charge is 0.311 e. The molecule has 3 aromatic rings. The number of hydrogen-bond donors (Lipinski definition) is 0. The number of nitrogens with zero attached hydrogens (tertiary/aromatic N) is 3. The molecule has 0 spiro atoms. The molecule has 0 bridgehead atoms. The van der Waals surface area contributed by atoms with Crippen molar-refractivity contribution < 1.29 is 4.79 Å². The van der Waals surface area contributed by atoms with Gasteiger partial charge in [-0.25, -0.2) is 4.98 Å². The molecule has 0 unspecified atom stereocenters. The molecule has 5 nitrogen and oxygen atoms in total. The Morgan fingerprint density at radius 3 is 2.22 bits per heavy atom. The Bertz CT molecular complexity index is 966. The first kappa shape index (κ1) is 18.6. The summed E-state index contributed by atoms with van der Waals surface area (Å²) in [6.07, 6.45) is 0.662. The number of carbonyl (C=O) groups is 1. The average molecular weight is 361 g/mol. The number of aromatic nitrogens is 2. The second-order valence-corrected chi connectivity index (χ2v) is 6.19. The Kier molecular flexibility index (Phi) is 5.81. The van der Waals surface area contributed by atoms with E-state index in [1.165, 1.54) is 10.6 Å². The van der Waals surface area contributed by atoms with Crippen LogP contribution in [0.4, 0.5) is 5.69 Å². The summed E-state index contributed by atoms with van der Waals surface area (Å²) < 4.78 is 1.46. The fourth-order valence-corrected chi connectivity index (χ4v) is 3.03. The van der Waals surface area contributed by atoms with Gasteiger partial charge in [-0.3, -0.25) is 14.2 Å². The number of hydrogen-bond acceptors (Lipinski definition) is 3. The molecule has 0 saturated carbocycles. The number of carbonyl (C=O) groups excluding carboxylic acids is 1. The lowest BCUT2D eigenvalue weighted by Crippen LogP contribution is -2.37. The highest BCUT2D eigenvalue weighted by Gasteiger charge is 2.18. The van der Waals surface area contributed by atoms with Gasteiger partial charge in [0.25, 0.3) is 5.56 Å². The number of para-hydroxylation sites is 1. The van der Waals surface area contributed by atoms with Crippen molar-refractivity contribution in [1.82, 2.24) is 9.55 Å². The zero-order chi connectivity index (χ0) is 19.2. The highest BCUT2D eigenvalue weighted by atomic mass is 16.2. The van der Waals surface area contributed by atoms with E-state index in [4.69, 9.17) is 0 Å². The molecular weight excluding hydrogens is 338 g/mol. The van der Waals surface area contributed by atoms with Crippen molar-refractivity contribution in [3.63, 3.8) is 0 Å². The van der Waals surface area contributed by atoms with E-state index >= 15 is 0 Å². The minimum atomic E-state index is -0.210. The summed E-state index contributed by atoms with van der Waals surface area (Å²) >= 11 is 0. The van der Waals surface area contributed by atoms with Crippen molar-refractivity contribution in [2.75, 3.05) is 11.4 Å². The van der Waals surface area contributed by atoms with Gasteiger partial charge in [0.15, 0.2) is 0 Å². The van der Waals surface area contributed by atoms with Gasteiger partial charge in [0.2, 0.25) is 5.91 Å². The van der Waals surface area contributed by atoms with E-state index in [0.717, 1.165) is 16.9 Å². The fraction of sp³-hybridized carbons (Fsp3) is 0.227. The monoisotopic (exact) mass is 361 g/mol. The summed E-state index contributed by atoms with van der Waals surface area (Å²) in [5.74, 6) is 0.381. The number of anilines is 1. The van der Waals surface area contributed by atoms with Crippen LogP contribution in [0.1, 0.15) is 19.5 Å². The number of likely N-dealkylation sites (N-methyl/N-ethyl adjacent to an activating group) is 1. The standard InChI is InChI=1S/C22H23N3O2/c1-3-18-15-20(26)25(22(23-18)17-11-7-5-8-12-17)16-21(27)24(4-2)19-13-9-6-10-14-19/h5-15H,3-4,16H2,1-2H3. The van der Waals surface area contributed by atoms with Gasteiger partial charge >= 0.3 is 0 Å². The van der Waals surface area contributed by atoms with Gasteiger partial charge in [0.05, 0.1) is 0 Å². The molecule has 5 heteroatoms. The molecule has 0 saturated heterocycles. The number of benzene rings is 2. The average Bonchev–Trinajstić information content (AvgIpc) is 2.71. The lowest BCUT2D eigenvalue weighted by atomic mass is 10.2. The van der Waals surface area contributed by atoms with Crippen LogP contribution >= 0.6 is 0 Å². The second-order valence-electron chi connectivity index (χ2n) is 6.19. The second kappa shape index (κ2) is 8.45. The first-order valence-electron chi connectivity index (χ1n) is 9.15. The lowest BCUT2D eigenvalue weighted by Gasteiger charge is -2.22. The first-order chi connectivity index (χ1) is 13.1. The number of amides is 1. The van der Waals surface area contributed by atoms with Gasteiger partial charge in [-0.05, 0) is 25.5 Å². The summed E-state index contributed by atoms with van der Waals surface area (Å²) in [5.41, 5.74) is 2.15. The molecule has 0 N–H and O–H groups in total. The van der Waals surface area contributed by atoms with Crippen LogP contribution in [-0.2, 0) is 17.8 Å². The Labute approximate surface area is 158 Å². The molecule has 0 aliphatic rings. The van der Waals surface area contributed by atoms with Crippen LogP contribution < -0.4 is 10.5 Å². The smallest absolute Gasteiger partial charge is 0.254 e. The van der Waals surface area contributed by atoms with Crippen molar-refractivity contribution in [2.45, 2.75) is 26.8 Å². The van der Waals surface area contributed by atoms with Gasteiger partial charge in [-0.2, -0.15) is 0 Å². The zero-order valence-corrected chi connectivity index (χ0v) is 15.6. The molecule has 1 amide bonds. The molecule has 0 radical (unpaired) electrons. The first-order valence-corrected chi connectivity index (χ1v) is 9.15.